The molecule has 0 heterocycles. The summed E-state index contributed by atoms with van der Waals surface area (Å²) in [5.74, 6) is 0.795. The predicted molar refractivity (Wildman–Crippen MR) is 54.7 cm³/mol. The molecular formula is C10H14N2O. The van der Waals surface area contributed by atoms with Gasteiger partial charge in [0.2, 0.25) is 0 Å². The third kappa shape index (κ3) is 2.49. The van der Waals surface area contributed by atoms with Gasteiger partial charge in [0.15, 0.2) is 0 Å². The van der Waals surface area contributed by atoms with E-state index < -0.39 is 0 Å². The minimum absolute atomic E-state index is 0.795. The van der Waals surface area contributed by atoms with Crippen molar-refractivity contribution in [2.24, 2.45) is 0 Å². The van der Waals surface area contributed by atoms with Crippen LogP contribution in [0.2, 0.25) is 0 Å². The summed E-state index contributed by atoms with van der Waals surface area (Å²) in [6.45, 7) is 3.48. The Kier molecular flexibility index (Phi) is 3.34. The van der Waals surface area contributed by atoms with Crippen LogP contribution in [0.25, 0.3) is 0 Å². The number of hydrazine groups is 1. The van der Waals surface area contributed by atoms with Crippen molar-refractivity contribution in [1.29, 1.82) is 0 Å². The lowest BCUT2D eigenvalue weighted by Gasteiger charge is -2.17. The largest absolute Gasteiger partial charge is 0.466 e. The molecule has 1 rings (SSSR count). The lowest BCUT2D eigenvalue weighted by Crippen LogP contribution is -2.30. The Morgan fingerprint density at radius 3 is 2.46 bits per heavy atom. The predicted octanol–water partition coefficient (Wildman–Crippen LogP) is 1.78. The third-order valence-corrected chi connectivity index (χ3v) is 1.78. The van der Waals surface area contributed by atoms with Gasteiger partial charge in [0, 0.05) is 14.1 Å². The smallest absolute Gasteiger partial charge is 0.126 e. The zero-order valence-corrected chi connectivity index (χ0v) is 7.95. The third-order valence-electron chi connectivity index (χ3n) is 1.78. The van der Waals surface area contributed by atoms with Crippen LogP contribution in [0.1, 0.15) is 0 Å². The van der Waals surface area contributed by atoms with Gasteiger partial charge in [0.1, 0.15) is 5.75 Å². The first kappa shape index (κ1) is 9.61. The average Bonchev–Trinajstić information content (AvgIpc) is 2.18. The maximum atomic E-state index is 5.10. The van der Waals surface area contributed by atoms with E-state index in [4.69, 9.17) is 4.74 Å². The number of hydrogen-bond acceptors (Lipinski definition) is 3. The molecule has 1 aromatic rings. The van der Waals surface area contributed by atoms with Crippen LogP contribution in [-0.2, 0) is 0 Å². The highest BCUT2D eigenvalue weighted by molar-refractivity contribution is 5.47. The maximum Gasteiger partial charge on any atom is 0.126 e. The first-order valence-electron chi connectivity index (χ1n) is 4.06. The first-order chi connectivity index (χ1) is 6.27. The zero-order valence-electron chi connectivity index (χ0n) is 7.95. The highest BCUT2D eigenvalue weighted by Gasteiger charge is 1.97. The first-order valence-corrected chi connectivity index (χ1v) is 4.06. The Morgan fingerprint density at radius 2 is 2.00 bits per heavy atom. The molecular weight excluding hydrogens is 164 g/mol. The lowest BCUT2D eigenvalue weighted by molar-refractivity contribution is 0.483. The molecule has 0 aliphatic heterocycles. The van der Waals surface area contributed by atoms with E-state index in [2.05, 4.69) is 12.0 Å². The Bertz CT molecular complexity index is 269. The van der Waals surface area contributed by atoms with Gasteiger partial charge in [-0.05, 0) is 24.3 Å². The topological polar surface area (TPSA) is 24.5 Å². The van der Waals surface area contributed by atoms with Crippen LogP contribution in [0.3, 0.4) is 0 Å². The van der Waals surface area contributed by atoms with Crippen LogP contribution in [0, 0.1) is 0 Å². The number of nitrogens with zero attached hydrogens (tertiary/aromatic N) is 1. The van der Waals surface area contributed by atoms with Gasteiger partial charge in [-0.15, -0.1) is 0 Å². The molecule has 0 saturated carbocycles. The van der Waals surface area contributed by atoms with Gasteiger partial charge in [-0.2, -0.15) is 0 Å². The molecule has 0 spiro atoms. The van der Waals surface area contributed by atoms with Crippen molar-refractivity contribution in [2.75, 3.05) is 19.1 Å². The summed E-state index contributed by atoms with van der Waals surface area (Å²) in [5.41, 5.74) is 4.09. The van der Waals surface area contributed by atoms with Gasteiger partial charge in [0.05, 0.1) is 11.9 Å². The molecule has 0 unspecified atom stereocenters. The second-order valence-corrected chi connectivity index (χ2v) is 2.56. The quantitative estimate of drug-likeness (QED) is 0.562. The normalized spacial score (nSPS) is 9.38. The van der Waals surface area contributed by atoms with Gasteiger partial charge in [-0.3, -0.25) is 0 Å². The average molecular weight is 178 g/mol. The summed E-state index contributed by atoms with van der Waals surface area (Å²) >= 11 is 0. The van der Waals surface area contributed by atoms with Crippen LogP contribution < -0.4 is 15.2 Å². The summed E-state index contributed by atoms with van der Waals surface area (Å²) in [4.78, 5) is 0. The molecule has 0 amide bonds. The Hall–Kier alpha value is -1.48. The molecule has 0 saturated heterocycles. The second-order valence-electron chi connectivity index (χ2n) is 2.56. The number of anilines is 1. The van der Waals surface area contributed by atoms with Gasteiger partial charge < -0.3 is 9.75 Å². The molecule has 0 atom stereocenters. The highest BCUT2D eigenvalue weighted by Crippen LogP contribution is 2.17. The molecule has 0 aliphatic carbocycles. The van der Waals surface area contributed by atoms with E-state index in [1.165, 1.54) is 6.26 Å². The van der Waals surface area contributed by atoms with Crippen LogP contribution in [-0.4, -0.2) is 14.1 Å². The van der Waals surface area contributed by atoms with Crippen LogP contribution >= 0.6 is 0 Å². The Labute approximate surface area is 78.6 Å². The number of ether oxygens (including phenoxy) is 1. The fourth-order valence-electron chi connectivity index (χ4n) is 0.974. The molecule has 3 nitrogen and oxygen atoms in total. The number of benzene rings is 1. The van der Waals surface area contributed by atoms with Crippen LogP contribution in [0.4, 0.5) is 5.69 Å². The van der Waals surface area contributed by atoms with Crippen molar-refractivity contribution in [2.45, 2.75) is 0 Å². The van der Waals surface area contributed by atoms with Gasteiger partial charge in [0.25, 0.3) is 0 Å². The van der Waals surface area contributed by atoms with E-state index in [1.807, 2.05) is 43.4 Å². The second kappa shape index (κ2) is 4.52. The summed E-state index contributed by atoms with van der Waals surface area (Å²) in [6, 6.07) is 7.72. The molecule has 1 aromatic carbocycles. The monoisotopic (exact) mass is 178 g/mol. The fraction of sp³-hybridized carbons (Fsp3) is 0.200. The van der Waals surface area contributed by atoms with Gasteiger partial charge in [-0.25, -0.2) is 5.43 Å². The van der Waals surface area contributed by atoms with Crippen molar-refractivity contribution in [3.05, 3.63) is 37.1 Å². The van der Waals surface area contributed by atoms with E-state index in [0.717, 1.165) is 11.4 Å². The summed E-state index contributed by atoms with van der Waals surface area (Å²) < 4.78 is 5.10. The molecule has 3 heteroatoms. The van der Waals surface area contributed by atoms with E-state index >= 15 is 0 Å². The van der Waals surface area contributed by atoms with Crippen molar-refractivity contribution >= 4 is 5.69 Å². The SMILES string of the molecule is C=COc1ccc(N(C)NC)cc1. The van der Waals surface area contributed by atoms with E-state index in [0.29, 0.717) is 0 Å². The van der Waals surface area contributed by atoms with Crippen LogP contribution in [0.5, 0.6) is 5.75 Å². The Balaban J connectivity index is 2.74. The molecule has 13 heavy (non-hydrogen) atoms. The number of rotatable bonds is 4. The summed E-state index contributed by atoms with van der Waals surface area (Å²) in [6.07, 6.45) is 1.41. The van der Waals surface area contributed by atoms with Crippen molar-refractivity contribution in [3.8, 4) is 5.75 Å². The number of nitrogens with one attached hydrogen (secondary N) is 1. The minimum Gasteiger partial charge on any atom is -0.466 e. The molecule has 1 N–H and O–H groups in total. The number of hydrogen-bond donors (Lipinski definition) is 1. The molecule has 0 aromatic heterocycles. The molecule has 0 aliphatic rings. The van der Waals surface area contributed by atoms with Crippen molar-refractivity contribution in [3.63, 3.8) is 0 Å². The fourth-order valence-corrected chi connectivity index (χ4v) is 0.974. The van der Waals surface area contributed by atoms with Crippen molar-refractivity contribution < 1.29 is 4.74 Å². The van der Waals surface area contributed by atoms with E-state index in [-0.39, 0.29) is 0 Å². The maximum absolute atomic E-state index is 5.10. The molecule has 0 fully saturated rings. The minimum atomic E-state index is 0.795. The highest BCUT2D eigenvalue weighted by atomic mass is 16.5. The van der Waals surface area contributed by atoms with E-state index in [1.54, 1.807) is 0 Å². The lowest BCUT2D eigenvalue weighted by atomic mass is 10.3. The van der Waals surface area contributed by atoms with E-state index in [9.17, 15) is 0 Å². The zero-order chi connectivity index (χ0) is 9.68. The summed E-state index contributed by atoms with van der Waals surface area (Å²) in [5, 5.41) is 1.91. The summed E-state index contributed by atoms with van der Waals surface area (Å²) in [7, 11) is 3.82. The molecule has 0 bridgehead atoms. The van der Waals surface area contributed by atoms with Crippen molar-refractivity contribution in [1.82, 2.24) is 5.43 Å². The van der Waals surface area contributed by atoms with Crippen LogP contribution in [0.15, 0.2) is 37.1 Å². The van der Waals surface area contributed by atoms with Gasteiger partial charge >= 0.3 is 0 Å². The Morgan fingerprint density at radius 1 is 1.38 bits per heavy atom. The molecule has 70 valence electrons. The van der Waals surface area contributed by atoms with Gasteiger partial charge in [-0.1, -0.05) is 6.58 Å². The molecule has 0 radical (unpaired) electrons. The standard InChI is InChI=1S/C10H14N2O/c1-4-13-10-7-5-9(6-8-10)12(3)11-2/h4-8,11H,1H2,2-3H3.